The van der Waals surface area contributed by atoms with Crippen LogP contribution in [-0.2, 0) is 17.6 Å². The summed E-state index contributed by atoms with van der Waals surface area (Å²) in [7, 11) is 0. The number of halogens is 1. The van der Waals surface area contributed by atoms with E-state index in [1.54, 1.807) is 0 Å². The molecule has 1 fully saturated rings. The summed E-state index contributed by atoms with van der Waals surface area (Å²) >= 11 is 6.83. The smallest absolute Gasteiger partial charge is 0.130 e. The molecule has 8 heteroatoms. The Morgan fingerprint density at radius 1 is 1.09 bits per heavy atom. The van der Waals surface area contributed by atoms with Crippen molar-refractivity contribution >= 4 is 11.6 Å². The molecule has 7 nitrogen and oxygen atoms in total. The number of hydrogen-bond donors (Lipinski definition) is 4. The van der Waals surface area contributed by atoms with Crippen LogP contribution in [0.5, 0.6) is 11.5 Å². The van der Waals surface area contributed by atoms with Crippen LogP contribution in [0.3, 0.4) is 0 Å². The van der Waals surface area contributed by atoms with Crippen molar-refractivity contribution < 1.29 is 34.6 Å². The van der Waals surface area contributed by atoms with E-state index in [2.05, 4.69) is 0 Å². The molecule has 0 unspecified atom stereocenters. The molecule has 2 heterocycles. The van der Waals surface area contributed by atoms with Gasteiger partial charge in [0.2, 0.25) is 0 Å². The Balaban J connectivity index is 1.75. The van der Waals surface area contributed by atoms with Gasteiger partial charge in [-0.2, -0.15) is 0 Å². The summed E-state index contributed by atoms with van der Waals surface area (Å²) in [5, 5.41) is 41.5. The summed E-state index contributed by atoms with van der Waals surface area (Å²) in [5.74, 6) is 1.31. The van der Waals surface area contributed by atoms with Gasteiger partial charge in [-0.05, 0) is 56.5 Å². The molecule has 2 aromatic carbocycles. The molecule has 0 aliphatic carbocycles. The number of hydrogen-bond acceptors (Lipinski definition) is 7. The van der Waals surface area contributed by atoms with E-state index in [9.17, 15) is 20.4 Å². The predicted octanol–water partition coefficient (Wildman–Crippen LogP) is 2.56. The molecule has 2 aliphatic heterocycles. The maximum absolute atomic E-state index is 10.7. The summed E-state index contributed by atoms with van der Waals surface area (Å²) < 4.78 is 17.6. The second kappa shape index (κ2) is 9.41. The number of benzene rings is 2. The monoisotopic (exact) mass is 478 g/mol. The Morgan fingerprint density at radius 3 is 2.42 bits per heavy atom. The Bertz CT molecular complexity index is 989. The van der Waals surface area contributed by atoms with Crippen molar-refractivity contribution in [1.82, 2.24) is 0 Å². The predicted molar refractivity (Wildman–Crippen MR) is 123 cm³/mol. The largest absolute Gasteiger partial charge is 0.494 e. The molecular formula is C25H31ClO7. The molecule has 33 heavy (non-hydrogen) atoms. The van der Waals surface area contributed by atoms with E-state index in [-0.39, 0.29) is 0 Å². The summed E-state index contributed by atoms with van der Waals surface area (Å²) in [6, 6.07) is 9.59. The first kappa shape index (κ1) is 24.3. The van der Waals surface area contributed by atoms with Crippen molar-refractivity contribution in [2.45, 2.75) is 69.7 Å². The topological polar surface area (TPSA) is 109 Å². The van der Waals surface area contributed by atoms with Crippen molar-refractivity contribution in [3.63, 3.8) is 0 Å². The molecule has 2 aromatic rings. The van der Waals surface area contributed by atoms with Crippen LogP contribution in [0.2, 0.25) is 5.02 Å². The highest BCUT2D eigenvalue weighted by Crippen LogP contribution is 2.48. The van der Waals surface area contributed by atoms with Gasteiger partial charge in [0, 0.05) is 17.5 Å². The Hall–Kier alpha value is -1.87. The van der Waals surface area contributed by atoms with E-state index in [0.717, 1.165) is 22.4 Å². The van der Waals surface area contributed by atoms with Gasteiger partial charge in [0.25, 0.3) is 0 Å². The van der Waals surface area contributed by atoms with Gasteiger partial charge < -0.3 is 34.6 Å². The van der Waals surface area contributed by atoms with Crippen molar-refractivity contribution in [3.05, 3.63) is 57.6 Å². The molecule has 2 aliphatic rings. The third kappa shape index (κ3) is 4.71. The zero-order valence-corrected chi connectivity index (χ0v) is 19.7. The molecular weight excluding hydrogens is 448 g/mol. The van der Waals surface area contributed by atoms with Crippen molar-refractivity contribution in [3.8, 4) is 11.5 Å². The first-order valence-corrected chi connectivity index (χ1v) is 11.6. The van der Waals surface area contributed by atoms with Gasteiger partial charge in [0.1, 0.15) is 47.6 Å². The van der Waals surface area contributed by atoms with E-state index in [1.165, 1.54) is 0 Å². The number of aliphatic hydroxyl groups excluding tert-OH is 4. The summed E-state index contributed by atoms with van der Waals surface area (Å²) in [5.41, 5.74) is 2.70. The zero-order valence-electron chi connectivity index (χ0n) is 19.0. The van der Waals surface area contributed by atoms with Gasteiger partial charge in [-0.3, -0.25) is 0 Å². The van der Waals surface area contributed by atoms with E-state index in [1.807, 2.05) is 51.1 Å². The van der Waals surface area contributed by atoms with Crippen LogP contribution < -0.4 is 9.47 Å². The van der Waals surface area contributed by atoms with Gasteiger partial charge >= 0.3 is 0 Å². The molecule has 5 atom stereocenters. The van der Waals surface area contributed by atoms with E-state index in [4.69, 9.17) is 25.8 Å². The molecule has 0 aromatic heterocycles. The second-order valence-electron chi connectivity index (χ2n) is 9.29. The highest BCUT2D eigenvalue weighted by atomic mass is 35.5. The third-order valence-corrected chi connectivity index (χ3v) is 6.69. The summed E-state index contributed by atoms with van der Waals surface area (Å²) in [6.45, 7) is 5.93. The molecule has 0 spiro atoms. The maximum atomic E-state index is 10.7. The molecule has 0 amide bonds. The fourth-order valence-corrected chi connectivity index (χ4v) is 4.86. The Labute approximate surface area is 198 Å². The van der Waals surface area contributed by atoms with Gasteiger partial charge in [0.05, 0.1) is 18.2 Å². The van der Waals surface area contributed by atoms with Gasteiger partial charge in [-0.25, -0.2) is 0 Å². The number of aliphatic hydroxyl groups is 4. The van der Waals surface area contributed by atoms with Crippen LogP contribution in [0.15, 0.2) is 30.3 Å². The van der Waals surface area contributed by atoms with Crippen LogP contribution in [0.1, 0.15) is 49.1 Å². The minimum atomic E-state index is -1.48. The van der Waals surface area contributed by atoms with Crippen LogP contribution in [0.4, 0.5) is 0 Å². The van der Waals surface area contributed by atoms with Crippen LogP contribution >= 0.6 is 11.6 Å². The van der Waals surface area contributed by atoms with Crippen LogP contribution in [-0.4, -0.2) is 63.7 Å². The minimum Gasteiger partial charge on any atom is -0.494 e. The van der Waals surface area contributed by atoms with Crippen LogP contribution in [0, 0.1) is 0 Å². The second-order valence-corrected chi connectivity index (χ2v) is 9.67. The lowest BCUT2D eigenvalue weighted by Crippen LogP contribution is -2.55. The highest BCUT2D eigenvalue weighted by molar-refractivity contribution is 6.32. The minimum absolute atomic E-state index is 0.497. The fourth-order valence-electron chi connectivity index (χ4n) is 4.59. The lowest BCUT2D eigenvalue weighted by atomic mass is 9.87. The summed E-state index contributed by atoms with van der Waals surface area (Å²) in [6.07, 6.45) is -5.22. The number of rotatable bonds is 6. The molecule has 4 N–H and O–H groups in total. The van der Waals surface area contributed by atoms with E-state index >= 15 is 0 Å². The standard InChI is InChI=1S/C25H31ClO7/c1-4-31-15-7-5-13(6-8-15)9-14-10-16(23-17(19(14)26)11-25(2,3)33-23)24-22(30)21(29)20(28)18(12-27)32-24/h5-8,10,18,20-22,24,27-30H,4,9,11-12H2,1-3H3/t18-,20-,21+,22-,24+/m1/s1. The fraction of sp³-hybridized carbons (Fsp3) is 0.520. The van der Waals surface area contributed by atoms with Gasteiger partial charge in [-0.1, -0.05) is 23.7 Å². The number of ether oxygens (including phenoxy) is 3. The summed E-state index contributed by atoms with van der Waals surface area (Å²) in [4.78, 5) is 0. The SMILES string of the molecule is CCOc1ccc(Cc2cc([C@@H]3O[C@H](CO)[C@@H](O)[C@H](O)[C@H]3O)c3c(c2Cl)CC(C)(C)O3)cc1. The van der Waals surface area contributed by atoms with Gasteiger partial charge in [-0.15, -0.1) is 0 Å². The molecule has 4 rings (SSSR count). The molecule has 1 saturated heterocycles. The number of fused-ring (bicyclic) bond motifs is 1. The van der Waals surface area contributed by atoms with Crippen molar-refractivity contribution in [2.75, 3.05) is 13.2 Å². The highest BCUT2D eigenvalue weighted by Gasteiger charge is 2.46. The third-order valence-electron chi connectivity index (χ3n) is 6.22. The van der Waals surface area contributed by atoms with Gasteiger partial charge in [0.15, 0.2) is 0 Å². The Kier molecular flexibility index (Phi) is 6.92. The van der Waals surface area contributed by atoms with Crippen molar-refractivity contribution in [2.24, 2.45) is 0 Å². The zero-order chi connectivity index (χ0) is 23.9. The molecule has 180 valence electrons. The van der Waals surface area contributed by atoms with Crippen molar-refractivity contribution in [1.29, 1.82) is 0 Å². The van der Waals surface area contributed by atoms with E-state index in [0.29, 0.717) is 35.8 Å². The normalized spacial score (nSPS) is 28.3. The average molecular weight is 479 g/mol. The maximum Gasteiger partial charge on any atom is 0.130 e. The molecule has 0 bridgehead atoms. The lowest BCUT2D eigenvalue weighted by molar-refractivity contribution is -0.232. The lowest BCUT2D eigenvalue weighted by Gasteiger charge is -2.40. The Morgan fingerprint density at radius 2 is 1.79 bits per heavy atom. The quantitative estimate of drug-likeness (QED) is 0.505. The molecule has 0 radical (unpaired) electrons. The first-order valence-electron chi connectivity index (χ1n) is 11.2. The molecule has 0 saturated carbocycles. The average Bonchev–Trinajstić information content (AvgIpc) is 3.12. The van der Waals surface area contributed by atoms with Crippen LogP contribution in [0.25, 0.3) is 0 Å². The first-order chi connectivity index (χ1) is 15.6. The van der Waals surface area contributed by atoms with E-state index < -0.39 is 42.7 Å².